The largest absolute Gasteiger partial charge is 0.326 e. The van der Waals surface area contributed by atoms with Gasteiger partial charge in [-0.15, -0.1) is 11.3 Å². The number of hydrogen-bond donors (Lipinski definition) is 2. The average Bonchev–Trinajstić information content (AvgIpc) is 3.02. The predicted octanol–water partition coefficient (Wildman–Crippen LogP) is 3.27. The Morgan fingerprint density at radius 3 is 2.62 bits per heavy atom. The highest BCUT2D eigenvalue weighted by Gasteiger charge is 2.14. The molecule has 2 heterocycles. The standard InChI is InChI=1S/C19H24N4O2S/c1-14(24)20-15-6-5-7-16(10-15)21-18(25)11-17-13-26-19(22-17)12-23-8-3-2-4-9-23/h5-7,10,13H,2-4,8-9,11-12H2,1H3,(H,20,24)(H,21,25). The summed E-state index contributed by atoms with van der Waals surface area (Å²) in [6.45, 7) is 4.61. The molecule has 0 atom stereocenters. The maximum absolute atomic E-state index is 12.3. The van der Waals surface area contributed by atoms with Crippen molar-refractivity contribution in [2.45, 2.75) is 39.2 Å². The molecule has 1 saturated heterocycles. The van der Waals surface area contributed by atoms with Crippen LogP contribution in [0.5, 0.6) is 0 Å². The summed E-state index contributed by atoms with van der Waals surface area (Å²) >= 11 is 1.62. The van der Waals surface area contributed by atoms with Gasteiger partial charge in [-0.3, -0.25) is 14.5 Å². The van der Waals surface area contributed by atoms with Crippen LogP contribution in [0.15, 0.2) is 29.6 Å². The molecule has 0 unspecified atom stereocenters. The van der Waals surface area contributed by atoms with Crippen LogP contribution < -0.4 is 10.6 Å². The van der Waals surface area contributed by atoms with Crippen LogP contribution >= 0.6 is 11.3 Å². The van der Waals surface area contributed by atoms with Crippen molar-refractivity contribution in [3.63, 3.8) is 0 Å². The van der Waals surface area contributed by atoms with Gasteiger partial charge in [0.25, 0.3) is 0 Å². The Balaban J connectivity index is 1.52. The summed E-state index contributed by atoms with van der Waals surface area (Å²) in [7, 11) is 0. The Morgan fingerprint density at radius 1 is 1.15 bits per heavy atom. The fraction of sp³-hybridized carbons (Fsp3) is 0.421. The maximum atomic E-state index is 12.3. The van der Waals surface area contributed by atoms with Crippen molar-refractivity contribution in [1.29, 1.82) is 0 Å². The van der Waals surface area contributed by atoms with E-state index in [4.69, 9.17) is 0 Å². The second kappa shape index (κ2) is 8.91. The van der Waals surface area contributed by atoms with Gasteiger partial charge in [-0.1, -0.05) is 12.5 Å². The van der Waals surface area contributed by atoms with Crippen molar-refractivity contribution in [1.82, 2.24) is 9.88 Å². The van der Waals surface area contributed by atoms with Gasteiger partial charge in [0, 0.05) is 23.7 Å². The van der Waals surface area contributed by atoms with Crippen LogP contribution in [-0.4, -0.2) is 34.8 Å². The zero-order chi connectivity index (χ0) is 18.4. The van der Waals surface area contributed by atoms with Gasteiger partial charge < -0.3 is 10.6 Å². The van der Waals surface area contributed by atoms with Gasteiger partial charge in [0.2, 0.25) is 11.8 Å². The lowest BCUT2D eigenvalue weighted by atomic mass is 10.1. The molecule has 6 nitrogen and oxygen atoms in total. The smallest absolute Gasteiger partial charge is 0.230 e. The molecule has 1 aliphatic heterocycles. The van der Waals surface area contributed by atoms with Crippen molar-refractivity contribution in [2.75, 3.05) is 23.7 Å². The summed E-state index contributed by atoms with van der Waals surface area (Å²) in [6.07, 6.45) is 4.10. The van der Waals surface area contributed by atoms with E-state index in [2.05, 4.69) is 20.5 Å². The van der Waals surface area contributed by atoms with Crippen molar-refractivity contribution >= 4 is 34.5 Å². The molecule has 1 fully saturated rings. The fourth-order valence-corrected chi connectivity index (χ4v) is 3.89. The molecule has 2 N–H and O–H groups in total. The highest BCUT2D eigenvalue weighted by Crippen LogP contribution is 2.18. The number of aromatic nitrogens is 1. The molecule has 26 heavy (non-hydrogen) atoms. The number of amides is 2. The Kier molecular flexibility index (Phi) is 6.35. The first-order valence-electron chi connectivity index (χ1n) is 8.91. The summed E-state index contributed by atoms with van der Waals surface area (Å²) in [5.74, 6) is -0.253. The lowest BCUT2D eigenvalue weighted by Crippen LogP contribution is -2.29. The zero-order valence-electron chi connectivity index (χ0n) is 15.0. The van der Waals surface area contributed by atoms with E-state index in [1.165, 1.54) is 26.2 Å². The number of carbonyl (C=O) groups is 2. The zero-order valence-corrected chi connectivity index (χ0v) is 15.8. The van der Waals surface area contributed by atoms with Crippen LogP contribution in [-0.2, 0) is 22.6 Å². The van der Waals surface area contributed by atoms with E-state index in [1.54, 1.807) is 35.6 Å². The van der Waals surface area contributed by atoms with E-state index >= 15 is 0 Å². The quantitative estimate of drug-likeness (QED) is 0.816. The van der Waals surface area contributed by atoms with Gasteiger partial charge in [0.1, 0.15) is 5.01 Å². The lowest BCUT2D eigenvalue weighted by molar-refractivity contribution is -0.116. The molecule has 1 aliphatic rings. The van der Waals surface area contributed by atoms with Gasteiger partial charge in [-0.05, 0) is 44.1 Å². The van der Waals surface area contributed by atoms with Gasteiger partial charge in [-0.2, -0.15) is 0 Å². The van der Waals surface area contributed by atoms with Crippen molar-refractivity contribution in [3.05, 3.63) is 40.3 Å². The van der Waals surface area contributed by atoms with Gasteiger partial charge >= 0.3 is 0 Å². The summed E-state index contributed by atoms with van der Waals surface area (Å²) in [5, 5.41) is 8.60. The number of benzene rings is 1. The molecule has 0 bridgehead atoms. The van der Waals surface area contributed by atoms with Crippen LogP contribution in [0.2, 0.25) is 0 Å². The number of rotatable bonds is 6. The Morgan fingerprint density at radius 2 is 1.88 bits per heavy atom. The monoisotopic (exact) mass is 372 g/mol. The van der Waals surface area contributed by atoms with Crippen molar-refractivity contribution in [2.24, 2.45) is 0 Å². The number of hydrogen-bond acceptors (Lipinski definition) is 5. The first-order valence-corrected chi connectivity index (χ1v) is 9.79. The Bertz CT molecular complexity index is 768. The molecule has 7 heteroatoms. The molecular formula is C19H24N4O2S. The van der Waals surface area contributed by atoms with Gasteiger partial charge in [0.05, 0.1) is 18.7 Å². The maximum Gasteiger partial charge on any atom is 0.230 e. The normalized spacial score (nSPS) is 14.8. The minimum Gasteiger partial charge on any atom is -0.326 e. The Hall–Kier alpha value is -2.25. The third-order valence-electron chi connectivity index (χ3n) is 4.22. The molecule has 0 spiro atoms. The van der Waals surface area contributed by atoms with E-state index in [0.717, 1.165) is 30.3 Å². The molecular weight excluding hydrogens is 348 g/mol. The minimum absolute atomic E-state index is 0.111. The number of nitrogens with zero attached hydrogens (tertiary/aromatic N) is 2. The summed E-state index contributed by atoms with van der Waals surface area (Å²) < 4.78 is 0. The van der Waals surface area contributed by atoms with E-state index in [-0.39, 0.29) is 18.2 Å². The molecule has 0 radical (unpaired) electrons. The number of likely N-dealkylation sites (tertiary alicyclic amines) is 1. The molecule has 1 aromatic heterocycles. The van der Waals surface area contributed by atoms with Crippen LogP contribution in [0.3, 0.4) is 0 Å². The van der Waals surface area contributed by atoms with Crippen molar-refractivity contribution < 1.29 is 9.59 Å². The van der Waals surface area contributed by atoms with Crippen LogP contribution in [0.4, 0.5) is 11.4 Å². The number of piperidine rings is 1. The second-order valence-electron chi connectivity index (χ2n) is 6.56. The summed E-state index contributed by atoms with van der Waals surface area (Å²) in [5.41, 5.74) is 2.12. The van der Waals surface area contributed by atoms with Gasteiger partial charge in [-0.25, -0.2) is 4.98 Å². The number of anilines is 2. The minimum atomic E-state index is -0.141. The SMILES string of the molecule is CC(=O)Nc1cccc(NC(=O)Cc2csc(CN3CCCCC3)n2)c1. The molecule has 0 aliphatic carbocycles. The molecule has 0 saturated carbocycles. The number of thiazole rings is 1. The fourth-order valence-electron chi connectivity index (χ4n) is 3.06. The molecule has 1 aromatic carbocycles. The van der Waals surface area contributed by atoms with E-state index in [1.807, 2.05) is 5.38 Å². The number of carbonyl (C=O) groups excluding carboxylic acids is 2. The topological polar surface area (TPSA) is 74.3 Å². The lowest BCUT2D eigenvalue weighted by Gasteiger charge is -2.25. The molecule has 2 amide bonds. The summed E-state index contributed by atoms with van der Waals surface area (Å²) in [6, 6.07) is 7.11. The summed E-state index contributed by atoms with van der Waals surface area (Å²) in [4.78, 5) is 30.4. The van der Waals surface area contributed by atoms with Crippen molar-refractivity contribution in [3.8, 4) is 0 Å². The van der Waals surface area contributed by atoms with Crippen LogP contribution in [0.1, 0.15) is 36.9 Å². The van der Waals surface area contributed by atoms with E-state index in [9.17, 15) is 9.59 Å². The predicted molar refractivity (Wildman–Crippen MR) is 104 cm³/mol. The van der Waals surface area contributed by atoms with Crippen LogP contribution in [0, 0.1) is 0 Å². The third kappa shape index (κ3) is 5.64. The highest BCUT2D eigenvalue weighted by molar-refractivity contribution is 7.09. The van der Waals surface area contributed by atoms with Crippen LogP contribution in [0.25, 0.3) is 0 Å². The molecule has 3 rings (SSSR count). The van der Waals surface area contributed by atoms with E-state index in [0.29, 0.717) is 11.4 Å². The number of nitrogens with one attached hydrogen (secondary N) is 2. The first kappa shape index (κ1) is 18.5. The third-order valence-corrected chi connectivity index (χ3v) is 5.10. The van der Waals surface area contributed by atoms with E-state index < -0.39 is 0 Å². The van der Waals surface area contributed by atoms with Gasteiger partial charge in [0.15, 0.2) is 0 Å². The second-order valence-corrected chi connectivity index (χ2v) is 7.50. The molecule has 2 aromatic rings. The highest BCUT2D eigenvalue weighted by atomic mass is 32.1. The average molecular weight is 372 g/mol. The molecule has 138 valence electrons. The Labute approximate surface area is 157 Å². The first-order chi connectivity index (χ1) is 12.6.